The molecule has 1 amide bonds. The molecule has 0 unspecified atom stereocenters. The van der Waals surface area contributed by atoms with E-state index in [1.54, 1.807) is 6.33 Å². The summed E-state index contributed by atoms with van der Waals surface area (Å²) in [6.45, 7) is 10.6. The van der Waals surface area contributed by atoms with Crippen LogP contribution < -0.4 is 10.2 Å². The van der Waals surface area contributed by atoms with Crippen molar-refractivity contribution in [2.75, 3.05) is 57.4 Å². The second-order valence-electron chi connectivity index (χ2n) is 12.3. The van der Waals surface area contributed by atoms with Gasteiger partial charge in [-0.25, -0.2) is 13.9 Å². The molecule has 1 spiro atoms. The van der Waals surface area contributed by atoms with Gasteiger partial charge >= 0.3 is 0 Å². The lowest BCUT2D eigenvalue weighted by Crippen LogP contribution is -2.62. The fourth-order valence-corrected chi connectivity index (χ4v) is 6.88. The van der Waals surface area contributed by atoms with Gasteiger partial charge in [0.05, 0.1) is 31.1 Å². The molecule has 4 aliphatic rings. The number of morpholine rings is 1. The van der Waals surface area contributed by atoms with Gasteiger partial charge in [0.2, 0.25) is 5.91 Å². The molecule has 3 aliphatic heterocycles. The van der Waals surface area contributed by atoms with E-state index in [4.69, 9.17) is 4.74 Å². The Balaban J connectivity index is 1.17. The van der Waals surface area contributed by atoms with E-state index in [-0.39, 0.29) is 23.2 Å². The number of amides is 1. The maximum Gasteiger partial charge on any atom is 0.241 e. The quantitative estimate of drug-likeness (QED) is 0.507. The maximum atomic E-state index is 14.1. The van der Waals surface area contributed by atoms with Crippen molar-refractivity contribution in [2.24, 2.45) is 0 Å². The fourth-order valence-electron chi connectivity index (χ4n) is 6.88. The third kappa shape index (κ3) is 4.70. The first-order chi connectivity index (χ1) is 19.4. The number of aromatic nitrogens is 3. The minimum Gasteiger partial charge on any atom is -0.379 e. The molecular formula is C30H38FN7O2. The third-order valence-corrected chi connectivity index (χ3v) is 9.33. The lowest BCUT2D eigenvalue weighted by molar-refractivity contribution is -0.121. The maximum absolute atomic E-state index is 14.1. The Bertz CT molecular complexity index is 1410. The van der Waals surface area contributed by atoms with Crippen molar-refractivity contribution in [3.05, 3.63) is 59.3 Å². The van der Waals surface area contributed by atoms with Gasteiger partial charge in [-0.05, 0) is 50.5 Å². The molecule has 2 saturated heterocycles. The van der Waals surface area contributed by atoms with Crippen LogP contribution >= 0.6 is 0 Å². The number of nitrogens with zero attached hydrogens (tertiary/aromatic N) is 6. The van der Waals surface area contributed by atoms with Crippen molar-refractivity contribution in [3.63, 3.8) is 0 Å². The molecule has 0 bridgehead atoms. The highest BCUT2D eigenvalue weighted by Gasteiger charge is 2.55. The number of nitrogens with one attached hydrogen (secondary N) is 1. The Hall–Kier alpha value is -2.92. The van der Waals surface area contributed by atoms with Crippen LogP contribution in [-0.4, -0.2) is 101 Å². The van der Waals surface area contributed by atoms with Gasteiger partial charge in [0.25, 0.3) is 0 Å². The molecule has 9 nitrogen and oxygen atoms in total. The third-order valence-electron chi connectivity index (χ3n) is 9.33. The van der Waals surface area contributed by atoms with Gasteiger partial charge < -0.3 is 15.0 Å². The Morgan fingerprint density at radius 1 is 1.20 bits per heavy atom. The smallest absolute Gasteiger partial charge is 0.241 e. The Morgan fingerprint density at radius 2 is 2.02 bits per heavy atom. The highest BCUT2D eigenvalue weighted by Crippen LogP contribution is 2.56. The summed E-state index contributed by atoms with van der Waals surface area (Å²) in [5, 5.41) is 8.25. The molecule has 7 rings (SSSR count). The van der Waals surface area contributed by atoms with Crippen LogP contribution in [-0.2, 0) is 21.4 Å². The molecule has 5 heterocycles. The first-order valence-corrected chi connectivity index (χ1v) is 14.6. The van der Waals surface area contributed by atoms with Crippen LogP contribution in [0.15, 0.2) is 36.7 Å². The SMILES string of the molecule is C[C@@H]1CN(CC(=O)N2CC3(CC3)c3c2cc(Cc2ccc(F)cc2)c2ncnn32)[C@@H](CN2CCOC[C@H]2C)CN1. The lowest BCUT2D eigenvalue weighted by Gasteiger charge is -2.43. The summed E-state index contributed by atoms with van der Waals surface area (Å²) >= 11 is 0. The van der Waals surface area contributed by atoms with E-state index in [2.05, 4.69) is 45.1 Å². The van der Waals surface area contributed by atoms with Gasteiger partial charge in [-0.2, -0.15) is 5.10 Å². The predicted molar refractivity (Wildman–Crippen MR) is 150 cm³/mol. The summed E-state index contributed by atoms with van der Waals surface area (Å²) < 4.78 is 21.2. The van der Waals surface area contributed by atoms with Crippen LogP contribution in [0.4, 0.5) is 10.1 Å². The number of benzene rings is 1. The van der Waals surface area contributed by atoms with E-state index in [9.17, 15) is 9.18 Å². The molecule has 212 valence electrons. The van der Waals surface area contributed by atoms with Gasteiger partial charge in [0, 0.05) is 68.2 Å². The van der Waals surface area contributed by atoms with Crippen molar-refractivity contribution in [1.29, 1.82) is 0 Å². The second-order valence-corrected chi connectivity index (χ2v) is 12.3. The summed E-state index contributed by atoms with van der Waals surface area (Å²) in [5.41, 5.74) is 4.85. The Morgan fingerprint density at radius 3 is 2.80 bits per heavy atom. The minimum absolute atomic E-state index is 0.0370. The molecule has 1 N–H and O–H groups in total. The van der Waals surface area contributed by atoms with E-state index >= 15 is 0 Å². The highest BCUT2D eigenvalue weighted by molar-refractivity contribution is 5.98. The van der Waals surface area contributed by atoms with Gasteiger partial charge in [-0.3, -0.25) is 14.6 Å². The summed E-state index contributed by atoms with van der Waals surface area (Å²) in [6.07, 6.45) is 4.31. The van der Waals surface area contributed by atoms with E-state index < -0.39 is 0 Å². The predicted octanol–water partition coefficient (Wildman–Crippen LogP) is 2.22. The summed E-state index contributed by atoms with van der Waals surface area (Å²) in [6, 6.07) is 9.72. The number of hydrogen-bond acceptors (Lipinski definition) is 7. The molecular weight excluding hydrogens is 509 g/mol. The molecule has 3 fully saturated rings. The topological polar surface area (TPSA) is 78.2 Å². The first-order valence-electron chi connectivity index (χ1n) is 14.6. The monoisotopic (exact) mass is 547 g/mol. The summed E-state index contributed by atoms with van der Waals surface area (Å²) in [5.74, 6) is -0.104. The number of carbonyl (C=O) groups is 1. The highest BCUT2D eigenvalue weighted by atomic mass is 19.1. The molecule has 1 saturated carbocycles. The second kappa shape index (κ2) is 10.2. The van der Waals surface area contributed by atoms with Crippen LogP contribution in [0.2, 0.25) is 0 Å². The van der Waals surface area contributed by atoms with Gasteiger partial charge in [0.1, 0.15) is 12.1 Å². The molecule has 1 aliphatic carbocycles. The van der Waals surface area contributed by atoms with Crippen molar-refractivity contribution in [3.8, 4) is 0 Å². The number of ether oxygens (including phenoxy) is 1. The van der Waals surface area contributed by atoms with Crippen molar-refractivity contribution >= 4 is 17.2 Å². The minimum atomic E-state index is -0.249. The van der Waals surface area contributed by atoms with Crippen LogP contribution in [0.3, 0.4) is 0 Å². The van der Waals surface area contributed by atoms with Crippen molar-refractivity contribution < 1.29 is 13.9 Å². The number of rotatable bonds is 6. The number of anilines is 1. The molecule has 2 aromatic heterocycles. The first kappa shape index (κ1) is 26.0. The zero-order valence-corrected chi connectivity index (χ0v) is 23.4. The van der Waals surface area contributed by atoms with E-state index in [1.165, 1.54) is 12.1 Å². The molecule has 0 radical (unpaired) electrons. The van der Waals surface area contributed by atoms with E-state index in [0.29, 0.717) is 31.6 Å². The molecule has 3 aromatic rings. The average molecular weight is 548 g/mol. The van der Waals surface area contributed by atoms with Crippen LogP contribution in [0, 0.1) is 5.82 Å². The lowest BCUT2D eigenvalue weighted by atomic mass is 10.0. The van der Waals surface area contributed by atoms with Gasteiger partial charge in [0.15, 0.2) is 5.65 Å². The molecule has 40 heavy (non-hydrogen) atoms. The Kier molecular flexibility index (Phi) is 6.61. The van der Waals surface area contributed by atoms with E-state index in [0.717, 1.165) is 80.4 Å². The number of pyridine rings is 1. The van der Waals surface area contributed by atoms with Crippen molar-refractivity contribution in [1.82, 2.24) is 29.7 Å². The normalized spacial score (nSPS) is 26.5. The van der Waals surface area contributed by atoms with Gasteiger partial charge in [-0.1, -0.05) is 12.1 Å². The summed E-state index contributed by atoms with van der Waals surface area (Å²) in [7, 11) is 0. The number of fused-ring (bicyclic) bond motifs is 4. The zero-order valence-electron chi connectivity index (χ0n) is 23.4. The zero-order chi connectivity index (χ0) is 27.4. The molecule has 10 heteroatoms. The van der Waals surface area contributed by atoms with Gasteiger partial charge in [-0.15, -0.1) is 0 Å². The Labute approximate surface area is 234 Å². The average Bonchev–Trinajstić information content (AvgIpc) is 3.40. The van der Waals surface area contributed by atoms with Crippen molar-refractivity contribution in [2.45, 2.75) is 56.7 Å². The van der Waals surface area contributed by atoms with Crippen LogP contribution in [0.1, 0.15) is 43.5 Å². The number of carbonyl (C=O) groups excluding carboxylic acids is 1. The largest absolute Gasteiger partial charge is 0.379 e. The fraction of sp³-hybridized carbons (Fsp3) is 0.567. The molecule has 1 aromatic carbocycles. The number of halogens is 1. The van der Waals surface area contributed by atoms with Crippen LogP contribution in [0.25, 0.3) is 5.65 Å². The molecule has 3 atom stereocenters. The van der Waals surface area contributed by atoms with E-state index in [1.807, 2.05) is 21.5 Å². The standard InChI is InChI=1S/C30H38FN7O2/c1-20-14-36(25(13-32-20)15-35-9-10-40-17-21(35)2)16-27(39)37-18-30(7-8-30)28-26(37)12-23(29-33-19-34-38(28)29)11-22-3-5-24(31)6-4-22/h3-6,12,19-21,25,32H,7-11,13-18H2,1-2H3/t20-,21-,25-/m1/s1. The summed E-state index contributed by atoms with van der Waals surface area (Å²) in [4.78, 5) is 25.6. The number of piperazine rings is 1. The van der Waals surface area contributed by atoms with Crippen LogP contribution in [0.5, 0.6) is 0 Å². The number of hydrogen-bond donors (Lipinski definition) is 1.